The summed E-state index contributed by atoms with van der Waals surface area (Å²) in [6, 6.07) is 27.3. The molecule has 0 radical (unpaired) electrons. The predicted octanol–water partition coefficient (Wildman–Crippen LogP) is 4.81. The summed E-state index contributed by atoms with van der Waals surface area (Å²) in [6.45, 7) is 0. The third-order valence-corrected chi connectivity index (χ3v) is 7.38. The van der Waals surface area contributed by atoms with Crippen molar-refractivity contribution in [3.63, 3.8) is 0 Å². The van der Waals surface area contributed by atoms with Gasteiger partial charge in [0.2, 0.25) is 0 Å². The van der Waals surface area contributed by atoms with E-state index < -0.39 is 7.92 Å². The van der Waals surface area contributed by atoms with E-state index in [4.69, 9.17) is 9.47 Å². The van der Waals surface area contributed by atoms with Crippen molar-refractivity contribution in [1.29, 1.82) is 0 Å². The molecule has 3 heteroatoms. The second kappa shape index (κ2) is 4.84. The molecule has 0 aliphatic carbocycles. The standard InChI is InChI=1S/C22H13O2P/c1-2-8-15-14(7-1)13-18-22-21(15)24-17-10-4-6-12-20(17)25(22)19-11-5-3-9-16(19)23-18/h1-13H. The van der Waals surface area contributed by atoms with E-state index in [9.17, 15) is 0 Å². The lowest BCUT2D eigenvalue weighted by molar-refractivity contribution is 0.470. The smallest absolute Gasteiger partial charge is 0.147 e. The molecule has 0 bridgehead atoms. The maximum Gasteiger partial charge on any atom is 0.147 e. The largest absolute Gasteiger partial charge is 0.456 e. The minimum absolute atomic E-state index is 0.674. The van der Waals surface area contributed by atoms with Crippen molar-refractivity contribution in [3.8, 4) is 23.0 Å². The third kappa shape index (κ3) is 1.78. The first kappa shape index (κ1) is 13.5. The fourth-order valence-electron chi connectivity index (χ4n) is 3.73. The van der Waals surface area contributed by atoms with Crippen LogP contribution in [-0.2, 0) is 0 Å². The van der Waals surface area contributed by atoms with E-state index in [2.05, 4.69) is 66.7 Å². The topological polar surface area (TPSA) is 18.5 Å². The van der Waals surface area contributed by atoms with Crippen molar-refractivity contribution in [2.75, 3.05) is 0 Å². The number of hydrogen-bond donors (Lipinski definition) is 0. The van der Waals surface area contributed by atoms with Crippen LogP contribution in [0.25, 0.3) is 10.8 Å². The fourth-order valence-corrected chi connectivity index (χ4v) is 6.32. The van der Waals surface area contributed by atoms with Crippen molar-refractivity contribution in [1.82, 2.24) is 0 Å². The van der Waals surface area contributed by atoms with Crippen molar-refractivity contribution in [3.05, 3.63) is 78.9 Å². The molecule has 6 rings (SSSR count). The van der Waals surface area contributed by atoms with Crippen molar-refractivity contribution in [2.24, 2.45) is 0 Å². The van der Waals surface area contributed by atoms with Crippen LogP contribution in [0.4, 0.5) is 0 Å². The Morgan fingerprint density at radius 2 is 1.24 bits per heavy atom. The van der Waals surface area contributed by atoms with E-state index in [-0.39, 0.29) is 0 Å². The van der Waals surface area contributed by atoms with Gasteiger partial charge in [0, 0.05) is 23.9 Å². The van der Waals surface area contributed by atoms with Crippen LogP contribution in [0, 0.1) is 0 Å². The predicted molar refractivity (Wildman–Crippen MR) is 103 cm³/mol. The van der Waals surface area contributed by atoms with Crippen LogP contribution in [0.1, 0.15) is 0 Å². The number of hydrogen-bond acceptors (Lipinski definition) is 2. The minimum Gasteiger partial charge on any atom is -0.456 e. The molecule has 0 amide bonds. The fraction of sp³-hybridized carbons (Fsp3) is 0. The summed E-state index contributed by atoms with van der Waals surface area (Å²) in [5.41, 5.74) is 0. The van der Waals surface area contributed by atoms with Crippen LogP contribution in [0.2, 0.25) is 0 Å². The Balaban J connectivity index is 1.77. The Bertz CT molecular complexity index is 1150. The summed E-state index contributed by atoms with van der Waals surface area (Å²) in [7, 11) is -0.674. The number of rotatable bonds is 0. The van der Waals surface area contributed by atoms with Gasteiger partial charge in [-0.3, -0.25) is 0 Å². The van der Waals surface area contributed by atoms with Gasteiger partial charge in [0.25, 0.3) is 0 Å². The van der Waals surface area contributed by atoms with Gasteiger partial charge in [-0.25, -0.2) is 0 Å². The molecule has 0 spiro atoms. The number of benzene rings is 4. The molecule has 25 heavy (non-hydrogen) atoms. The summed E-state index contributed by atoms with van der Waals surface area (Å²) in [4.78, 5) is 0. The zero-order valence-electron chi connectivity index (χ0n) is 13.3. The van der Waals surface area contributed by atoms with Gasteiger partial charge >= 0.3 is 0 Å². The lowest BCUT2D eigenvalue weighted by Gasteiger charge is -2.35. The minimum atomic E-state index is -0.674. The molecule has 1 atom stereocenters. The Morgan fingerprint density at radius 3 is 2.04 bits per heavy atom. The molecule has 118 valence electrons. The summed E-state index contributed by atoms with van der Waals surface area (Å²) in [5, 5.41) is 6.01. The molecule has 0 fully saturated rings. The van der Waals surface area contributed by atoms with Crippen molar-refractivity contribution < 1.29 is 9.47 Å². The van der Waals surface area contributed by atoms with Gasteiger partial charge in [-0.15, -0.1) is 0 Å². The SMILES string of the molecule is c1ccc2c(c1)Oc1cc3ccccc3c3c1P2c1ccccc1O3. The number of para-hydroxylation sites is 2. The molecule has 0 saturated heterocycles. The average molecular weight is 340 g/mol. The third-order valence-electron chi connectivity index (χ3n) is 4.81. The van der Waals surface area contributed by atoms with Crippen LogP contribution >= 0.6 is 7.92 Å². The maximum atomic E-state index is 6.39. The van der Waals surface area contributed by atoms with Crippen LogP contribution < -0.4 is 25.4 Å². The normalized spacial score (nSPS) is 16.2. The van der Waals surface area contributed by atoms with Crippen LogP contribution in [0.5, 0.6) is 23.0 Å². The highest BCUT2D eigenvalue weighted by Gasteiger charge is 2.37. The highest BCUT2D eigenvalue weighted by molar-refractivity contribution is 7.80. The van der Waals surface area contributed by atoms with Gasteiger partial charge in [0.05, 0.1) is 5.30 Å². The maximum absolute atomic E-state index is 6.39. The highest BCUT2D eigenvalue weighted by atomic mass is 31.1. The van der Waals surface area contributed by atoms with Crippen LogP contribution in [-0.4, -0.2) is 0 Å². The molecule has 0 saturated carbocycles. The van der Waals surface area contributed by atoms with E-state index in [1.807, 2.05) is 12.1 Å². The zero-order valence-corrected chi connectivity index (χ0v) is 14.2. The first-order chi connectivity index (χ1) is 12.4. The van der Waals surface area contributed by atoms with Crippen molar-refractivity contribution in [2.45, 2.75) is 0 Å². The Kier molecular flexibility index (Phi) is 2.61. The molecule has 4 aromatic carbocycles. The van der Waals surface area contributed by atoms with Gasteiger partial charge in [-0.05, 0) is 23.6 Å². The number of ether oxygens (including phenoxy) is 2. The molecule has 2 nitrogen and oxygen atoms in total. The van der Waals surface area contributed by atoms with E-state index >= 15 is 0 Å². The summed E-state index contributed by atoms with van der Waals surface area (Å²) in [5.74, 6) is 3.79. The van der Waals surface area contributed by atoms with Crippen LogP contribution in [0.3, 0.4) is 0 Å². The second-order valence-corrected chi connectivity index (χ2v) is 8.33. The van der Waals surface area contributed by atoms with E-state index in [0.717, 1.165) is 33.8 Å². The van der Waals surface area contributed by atoms with Gasteiger partial charge in [0.1, 0.15) is 23.0 Å². The van der Waals surface area contributed by atoms with Crippen LogP contribution in [0.15, 0.2) is 78.9 Å². The molecule has 4 aromatic rings. The molecule has 0 N–H and O–H groups in total. The first-order valence-corrected chi connectivity index (χ1v) is 9.64. The van der Waals surface area contributed by atoms with Crippen molar-refractivity contribution >= 4 is 34.6 Å². The average Bonchev–Trinajstić information content (AvgIpc) is 2.67. The summed E-state index contributed by atoms with van der Waals surface area (Å²) >= 11 is 0. The van der Waals surface area contributed by atoms with Gasteiger partial charge < -0.3 is 9.47 Å². The Morgan fingerprint density at radius 1 is 0.600 bits per heavy atom. The molecule has 2 heterocycles. The Labute approximate surface area is 146 Å². The monoisotopic (exact) mass is 340 g/mol. The number of fused-ring (bicyclic) bond motifs is 6. The van der Waals surface area contributed by atoms with Gasteiger partial charge in [0.15, 0.2) is 0 Å². The quantitative estimate of drug-likeness (QED) is 0.370. The zero-order chi connectivity index (χ0) is 16.4. The Hall–Kier alpha value is -2.83. The molecular formula is C22H13O2P. The first-order valence-electron chi connectivity index (χ1n) is 8.30. The molecular weight excluding hydrogens is 327 g/mol. The van der Waals surface area contributed by atoms with E-state index in [1.54, 1.807) is 0 Å². The van der Waals surface area contributed by atoms with Gasteiger partial charge in [-0.1, -0.05) is 60.7 Å². The lowest BCUT2D eigenvalue weighted by atomic mass is 10.1. The second-order valence-electron chi connectivity index (χ2n) is 6.25. The molecule has 2 aliphatic rings. The molecule has 1 unspecified atom stereocenters. The lowest BCUT2D eigenvalue weighted by Crippen LogP contribution is -2.31. The van der Waals surface area contributed by atoms with Gasteiger partial charge in [-0.2, -0.15) is 0 Å². The summed E-state index contributed by atoms with van der Waals surface area (Å²) in [6.07, 6.45) is 0. The molecule has 0 aromatic heterocycles. The summed E-state index contributed by atoms with van der Waals surface area (Å²) < 4.78 is 12.7. The molecule has 2 aliphatic heterocycles. The highest BCUT2D eigenvalue weighted by Crippen LogP contribution is 2.54. The van der Waals surface area contributed by atoms with E-state index in [0.29, 0.717) is 0 Å². The van der Waals surface area contributed by atoms with E-state index in [1.165, 1.54) is 15.9 Å².